The first-order valence-electron chi connectivity index (χ1n) is 6.50. The molecular formula is C17H11ClN2O2. The summed E-state index contributed by atoms with van der Waals surface area (Å²) in [5, 5.41) is 10.8. The van der Waals surface area contributed by atoms with Gasteiger partial charge < -0.3 is 9.15 Å². The van der Waals surface area contributed by atoms with Gasteiger partial charge in [-0.2, -0.15) is 5.26 Å². The van der Waals surface area contributed by atoms with E-state index in [2.05, 4.69) is 11.1 Å². The van der Waals surface area contributed by atoms with Gasteiger partial charge in [-0.25, -0.2) is 0 Å². The second-order valence-corrected chi connectivity index (χ2v) is 4.99. The first-order valence-corrected chi connectivity index (χ1v) is 6.87. The highest BCUT2D eigenvalue weighted by Gasteiger charge is 2.12. The molecule has 22 heavy (non-hydrogen) atoms. The molecule has 0 spiro atoms. The predicted octanol–water partition coefficient (Wildman–Crippen LogP) is 4.55. The summed E-state index contributed by atoms with van der Waals surface area (Å²) in [5.74, 6) is 0.701. The first kappa shape index (κ1) is 14.2. The zero-order valence-electron chi connectivity index (χ0n) is 11.7. The molecule has 5 heteroatoms. The standard InChI is InChI=1S/C17H11ClN2O2/c1-21-13-2-3-17-14(7-13)15(10-22-17)11(8-19)6-12-9-20-5-4-16(12)18/h2-7,9-10H,1H3. The maximum Gasteiger partial charge on any atom is 0.134 e. The van der Waals surface area contributed by atoms with Crippen molar-refractivity contribution in [2.45, 2.75) is 0 Å². The molecule has 0 saturated carbocycles. The fraction of sp³-hybridized carbons (Fsp3) is 0.0588. The molecule has 108 valence electrons. The Hall–Kier alpha value is -2.77. The summed E-state index contributed by atoms with van der Waals surface area (Å²) in [4.78, 5) is 4.02. The number of halogens is 1. The van der Waals surface area contributed by atoms with E-state index in [0.717, 1.165) is 5.39 Å². The van der Waals surface area contributed by atoms with Crippen LogP contribution in [0.1, 0.15) is 11.1 Å². The number of nitriles is 1. The summed E-state index contributed by atoms with van der Waals surface area (Å²) in [6.07, 6.45) is 6.47. The molecule has 2 heterocycles. The lowest BCUT2D eigenvalue weighted by Gasteiger charge is -2.01. The van der Waals surface area contributed by atoms with Crippen molar-refractivity contribution in [3.05, 3.63) is 59.1 Å². The Balaban J connectivity index is 2.16. The minimum absolute atomic E-state index is 0.446. The number of hydrogen-bond donors (Lipinski definition) is 0. The third kappa shape index (κ3) is 2.54. The van der Waals surface area contributed by atoms with Crippen molar-refractivity contribution >= 4 is 34.2 Å². The van der Waals surface area contributed by atoms with Gasteiger partial charge in [0.2, 0.25) is 0 Å². The maximum absolute atomic E-state index is 9.48. The van der Waals surface area contributed by atoms with Crippen LogP contribution in [0.3, 0.4) is 0 Å². The molecule has 0 amide bonds. The van der Waals surface area contributed by atoms with E-state index in [-0.39, 0.29) is 0 Å². The van der Waals surface area contributed by atoms with Crippen molar-refractivity contribution in [2.75, 3.05) is 7.11 Å². The van der Waals surface area contributed by atoms with E-state index in [4.69, 9.17) is 20.8 Å². The van der Waals surface area contributed by atoms with Crippen LogP contribution >= 0.6 is 11.6 Å². The van der Waals surface area contributed by atoms with Gasteiger partial charge in [0.05, 0.1) is 23.8 Å². The van der Waals surface area contributed by atoms with Crippen molar-refractivity contribution in [1.29, 1.82) is 5.26 Å². The van der Waals surface area contributed by atoms with E-state index in [0.29, 0.717) is 33.1 Å². The lowest BCUT2D eigenvalue weighted by Crippen LogP contribution is -1.84. The molecule has 0 saturated heterocycles. The fourth-order valence-corrected chi connectivity index (χ4v) is 2.33. The molecule has 3 rings (SSSR count). The number of hydrogen-bond acceptors (Lipinski definition) is 4. The second-order valence-electron chi connectivity index (χ2n) is 4.58. The molecule has 0 aliphatic heterocycles. The Kier molecular flexibility index (Phi) is 3.82. The summed E-state index contributed by atoms with van der Waals surface area (Å²) < 4.78 is 10.7. The zero-order chi connectivity index (χ0) is 15.5. The zero-order valence-corrected chi connectivity index (χ0v) is 12.5. The Morgan fingerprint density at radius 1 is 1.41 bits per heavy atom. The number of ether oxygens (including phenoxy) is 1. The van der Waals surface area contributed by atoms with E-state index < -0.39 is 0 Å². The van der Waals surface area contributed by atoms with Crippen molar-refractivity contribution in [3.63, 3.8) is 0 Å². The van der Waals surface area contributed by atoms with Gasteiger partial charge in [0.15, 0.2) is 0 Å². The molecule has 1 aromatic carbocycles. The van der Waals surface area contributed by atoms with Gasteiger partial charge in [-0.1, -0.05) is 11.6 Å². The monoisotopic (exact) mass is 310 g/mol. The molecule has 0 aliphatic rings. The summed E-state index contributed by atoms with van der Waals surface area (Å²) in [6, 6.07) is 9.32. The Labute approximate surface area is 132 Å². The highest BCUT2D eigenvalue weighted by Crippen LogP contribution is 2.31. The van der Waals surface area contributed by atoms with Crippen LogP contribution in [0.15, 0.2) is 47.3 Å². The summed E-state index contributed by atoms with van der Waals surface area (Å²) in [7, 11) is 1.59. The number of allylic oxidation sites excluding steroid dienone is 1. The fourth-order valence-electron chi connectivity index (χ4n) is 2.17. The number of methoxy groups -OCH3 is 1. The highest BCUT2D eigenvalue weighted by molar-refractivity contribution is 6.32. The molecule has 0 bridgehead atoms. The number of nitrogens with zero attached hydrogens (tertiary/aromatic N) is 2. The number of pyridine rings is 1. The van der Waals surface area contributed by atoms with Crippen LogP contribution in [-0.4, -0.2) is 12.1 Å². The van der Waals surface area contributed by atoms with Crippen LogP contribution in [-0.2, 0) is 0 Å². The highest BCUT2D eigenvalue weighted by atomic mass is 35.5. The van der Waals surface area contributed by atoms with E-state index in [1.54, 1.807) is 37.9 Å². The summed E-state index contributed by atoms with van der Waals surface area (Å²) >= 11 is 6.12. The Morgan fingerprint density at radius 2 is 2.27 bits per heavy atom. The number of benzene rings is 1. The van der Waals surface area contributed by atoms with E-state index in [9.17, 15) is 5.26 Å². The number of furan rings is 1. The third-order valence-corrected chi connectivity index (χ3v) is 3.63. The van der Waals surface area contributed by atoms with Gasteiger partial charge in [-0.3, -0.25) is 4.98 Å². The molecule has 0 radical (unpaired) electrons. The minimum Gasteiger partial charge on any atom is -0.497 e. The lowest BCUT2D eigenvalue weighted by molar-refractivity contribution is 0.415. The molecule has 4 nitrogen and oxygen atoms in total. The summed E-state index contributed by atoms with van der Waals surface area (Å²) in [5.41, 5.74) is 2.51. The number of aromatic nitrogens is 1. The molecule has 0 fully saturated rings. The largest absolute Gasteiger partial charge is 0.497 e. The molecule has 0 aliphatic carbocycles. The predicted molar refractivity (Wildman–Crippen MR) is 85.5 cm³/mol. The summed E-state index contributed by atoms with van der Waals surface area (Å²) in [6.45, 7) is 0. The van der Waals surface area contributed by atoms with Gasteiger partial charge in [0, 0.05) is 28.9 Å². The van der Waals surface area contributed by atoms with Gasteiger partial charge in [-0.05, 0) is 30.3 Å². The van der Waals surface area contributed by atoms with Crippen LogP contribution in [0, 0.1) is 11.3 Å². The average molecular weight is 311 g/mol. The van der Waals surface area contributed by atoms with Crippen LogP contribution < -0.4 is 4.74 Å². The van der Waals surface area contributed by atoms with Crippen molar-refractivity contribution < 1.29 is 9.15 Å². The second kappa shape index (κ2) is 5.92. The first-order chi connectivity index (χ1) is 10.7. The van der Waals surface area contributed by atoms with Crippen molar-refractivity contribution in [1.82, 2.24) is 4.98 Å². The number of fused-ring (bicyclic) bond motifs is 1. The lowest BCUT2D eigenvalue weighted by atomic mass is 10.0. The van der Waals surface area contributed by atoms with Crippen molar-refractivity contribution in [3.8, 4) is 11.8 Å². The van der Waals surface area contributed by atoms with Gasteiger partial charge in [0.25, 0.3) is 0 Å². The Bertz CT molecular complexity index is 906. The molecule has 0 atom stereocenters. The van der Waals surface area contributed by atoms with Crippen LogP contribution in [0.5, 0.6) is 5.75 Å². The SMILES string of the molecule is COc1ccc2occ(C(C#N)=Cc3cnccc3Cl)c2c1. The molecular weight excluding hydrogens is 300 g/mol. The number of rotatable bonds is 3. The van der Waals surface area contributed by atoms with E-state index in [1.165, 1.54) is 0 Å². The van der Waals surface area contributed by atoms with Gasteiger partial charge >= 0.3 is 0 Å². The van der Waals surface area contributed by atoms with Crippen LogP contribution in [0.4, 0.5) is 0 Å². The minimum atomic E-state index is 0.446. The topological polar surface area (TPSA) is 59.0 Å². The van der Waals surface area contributed by atoms with Gasteiger partial charge in [0.1, 0.15) is 17.6 Å². The van der Waals surface area contributed by atoms with Gasteiger partial charge in [-0.15, -0.1) is 0 Å². The Morgan fingerprint density at radius 3 is 3.00 bits per heavy atom. The normalized spacial score (nSPS) is 11.4. The van der Waals surface area contributed by atoms with E-state index >= 15 is 0 Å². The maximum atomic E-state index is 9.48. The molecule has 0 N–H and O–H groups in total. The molecule has 0 unspecified atom stereocenters. The van der Waals surface area contributed by atoms with E-state index in [1.807, 2.05) is 18.2 Å². The smallest absolute Gasteiger partial charge is 0.134 e. The van der Waals surface area contributed by atoms with Crippen molar-refractivity contribution in [2.24, 2.45) is 0 Å². The molecule has 3 aromatic rings. The third-order valence-electron chi connectivity index (χ3n) is 3.29. The average Bonchev–Trinajstić information content (AvgIpc) is 2.97. The molecule has 2 aromatic heterocycles. The van der Waals surface area contributed by atoms with Crippen LogP contribution in [0.25, 0.3) is 22.6 Å². The quantitative estimate of drug-likeness (QED) is 0.666. The van der Waals surface area contributed by atoms with Crippen LogP contribution in [0.2, 0.25) is 5.02 Å².